The molecule has 1 aromatic heterocycles. The smallest absolute Gasteiger partial charge is 0.397 e. The summed E-state index contributed by atoms with van der Waals surface area (Å²) < 4.78 is 49.8. The van der Waals surface area contributed by atoms with E-state index in [-0.39, 0.29) is 0 Å². The van der Waals surface area contributed by atoms with Crippen LogP contribution in [0.1, 0.15) is 33.3 Å². The molecule has 0 radical (unpaired) electrons. The Labute approximate surface area is 144 Å². The van der Waals surface area contributed by atoms with Gasteiger partial charge >= 0.3 is 13.3 Å². The number of halogens is 3. The van der Waals surface area contributed by atoms with Crippen molar-refractivity contribution in [1.29, 1.82) is 0 Å². The molecule has 132 valence electrons. The predicted octanol–water partition coefficient (Wildman–Crippen LogP) is 3.46. The summed E-state index contributed by atoms with van der Waals surface area (Å²) in [5, 5.41) is 0. The van der Waals surface area contributed by atoms with Gasteiger partial charge in [0, 0.05) is 11.8 Å². The molecule has 1 aliphatic heterocycles. The van der Waals surface area contributed by atoms with Crippen LogP contribution in [0.2, 0.25) is 0 Å². The van der Waals surface area contributed by atoms with Crippen LogP contribution in [0, 0.1) is 0 Å². The highest BCUT2D eigenvalue weighted by molar-refractivity contribution is 6.60. The van der Waals surface area contributed by atoms with Crippen molar-refractivity contribution in [1.82, 2.24) is 9.97 Å². The quantitative estimate of drug-likeness (QED) is 0.778. The summed E-state index contributed by atoms with van der Waals surface area (Å²) in [5.41, 5.74) is -0.328. The highest BCUT2D eigenvalue weighted by atomic mass is 19.4. The van der Waals surface area contributed by atoms with Gasteiger partial charge in [-0.15, -0.1) is 0 Å². The molecule has 0 unspecified atom stereocenters. The molecule has 8 heteroatoms. The van der Waals surface area contributed by atoms with Crippen molar-refractivity contribution in [3.63, 3.8) is 0 Å². The van der Waals surface area contributed by atoms with Gasteiger partial charge in [-0.2, -0.15) is 13.2 Å². The molecule has 3 rings (SSSR count). The first-order valence-corrected chi connectivity index (χ1v) is 7.86. The standard InChI is InChI=1S/C17H18BF3N2O2/c1-15(2)16(3,4)25-18(24-15)14-22-10-9-13(23-14)11-5-7-12(8-6-11)17(19,20)21/h5-10H,1-4H3. The molecule has 25 heavy (non-hydrogen) atoms. The second-order valence-corrected chi connectivity index (χ2v) is 6.96. The van der Waals surface area contributed by atoms with Gasteiger partial charge in [-0.25, -0.2) is 9.97 Å². The van der Waals surface area contributed by atoms with E-state index in [1.165, 1.54) is 12.1 Å². The Morgan fingerprint density at radius 3 is 2.00 bits per heavy atom. The second kappa shape index (κ2) is 5.81. The van der Waals surface area contributed by atoms with Gasteiger partial charge < -0.3 is 9.31 Å². The summed E-state index contributed by atoms with van der Waals surface area (Å²) in [6, 6.07) is 6.48. The molecule has 4 nitrogen and oxygen atoms in total. The van der Waals surface area contributed by atoms with Gasteiger partial charge in [0.15, 0.2) is 5.72 Å². The third-order valence-electron chi connectivity index (χ3n) is 4.65. The Morgan fingerprint density at radius 1 is 0.920 bits per heavy atom. The molecular formula is C17H18BF3N2O2. The minimum atomic E-state index is -4.36. The monoisotopic (exact) mass is 350 g/mol. The Kier molecular flexibility index (Phi) is 4.16. The number of hydrogen-bond acceptors (Lipinski definition) is 4. The van der Waals surface area contributed by atoms with Crippen LogP contribution in [0.5, 0.6) is 0 Å². The summed E-state index contributed by atoms with van der Waals surface area (Å²) in [6.07, 6.45) is -2.82. The van der Waals surface area contributed by atoms with E-state index in [1.54, 1.807) is 12.3 Å². The molecule has 2 aromatic rings. The van der Waals surface area contributed by atoms with Crippen LogP contribution >= 0.6 is 0 Å². The fraction of sp³-hybridized carbons (Fsp3) is 0.412. The highest BCUT2D eigenvalue weighted by Gasteiger charge is 2.53. The van der Waals surface area contributed by atoms with Crippen LogP contribution in [0.25, 0.3) is 11.3 Å². The van der Waals surface area contributed by atoms with E-state index in [1.807, 2.05) is 27.7 Å². The normalized spacial score (nSPS) is 19.2. The molecule has 1 saturated heterocycles. The molecular weight excluding hydrogens is 332 g/mol. The lowest BCUT2D eigenvalue weighted by Crippen LogP contribution is -2.41. The average molecular weight is 350 g/mol. The van der Waals surface area contributed by atoms with Gasteiger partial charge in [-0.1, -0.05) is 12.1 Å². The van der Waals surface area contributed by atoms with Crippen LogP contribution in [0.15, 0.2) is 36.5 Å². The zero-order valence-corrected chi connectivity index (χ0v) is 14.4. The van der Waals surface area contributed by atoms with Gasteiger partial charge in [-0.05, 0) is 45.9 Å². The number of hydrogen-bond donors (Lipinski definition) is 0. The molecule has 1 aliphatic rings. The van der Waals surface area contributed by atoms with E-state index >= 15 is 0 Å². The SMILES string of the molecule is CC1(C)OB(c2nccc(-c3ccc(C(F)(F)F)cc3)n2)OC1(C)C. The molecule has 1 fully saturated rings. The van der Waals surface area contributed by atoms with Crippen molar-refractivity contribution in [3.8, 4) is 11.3 Å². The lowest BCUT2D eigenvalue weighted by Gasteiger charge is -2.32. The lowest BCUT2D eigenvalue weighted by molar-refractivity contribution is -0.137. The maximum atomic E-state index is 12.7. The number of alkyl halides is 3. The summed E-state index contributed by atoms with van der Waals surface area (Å²) in [6.45, 7) is 7.69. The highest BCUT2D eigenvalue weighted by Crippen LogP contribution is 2.36. The van der Waals surface area contributed by atoms with Crippen LogP contribution in [-0.4, -0.2) is 28.3 Å². The number of aromatic nitrogens is 2. The molecule has 0 N–H and O–H groups in total. The van der Waals surface area contributed by atoms with Crippen molar-refractivity contribution < 1.29 is 22.5 Å². The third-order valence-corrected chi connectivity index (χ3v) is 4.65. The summed E-state index contributed by atoms with van der Waals surface area (Å²) in [4.78, 5) is 8.60. The molecule has 0 bridgehead atoms. The van der Waals surface area contributed by atoms with Gasteiger partial charge in [0.1, 0.15) is 0 Å². The van der Waals surface area contributed by atoms with Crippen LogP contribution < -0.4 is 5.72 Å². The van der Waals surface area contributed by atoms with Crippen LogP contribution in [0.4, 0.5) is 13.2 Å². The van der Waals surface area contributed by atoms with E-state index in [2.05, 4.69) is 9.97 Å². The van der Waals surface area contributed by atoms with Crippen molar-refractivity contribution >= 4 is 12.8 Å². The zero-order valence-electron chi connectivity index (χ0n) is 14.4. The number of nitrogens with zero attached hydrogens (tertiary/aromatic N) is 2. The van der Waals surface area contributed by atoms with Crippen molar-refractivity contribution in [3.05, 3.63) is 42.1 Å². The number of rotatable bonds is 2. The fourth-order valence-corrected chi connectivity index (χ4v) is 2.43. The Balaban J connectivity index is 1.88. The van der Waals surface area contributed by atoms with Gasteiger partial charge in [0.25, 0.3) is 0 Å². The zero-order chi connectivity index (χ0) is 18.5. The van der Waals surface area contributed by atoms with Gasteiger partial charge in [-0.3, -0.25) is 0 Å². The molecule has 1 aromatic carbocycles. The molecule has 0 atom stereocenters. The topological polar surface area (TPSA) is 44.2 Å². The van der Waals surface area contributed by atoms with E-state index in [4.69, 9.17) is 9.31 Å². The maximum Gasteiger partial charge on any atom is 0.534 e. The molecule has 0 aliphatic carbocycles. The summed E-state index contributed by atoms with van der Waals surface area (Å²) in [5.74, 6) is 0. The van der Waals surface area contributed by atoms with E-state index in [0.29, 0.717) is 17.0 Å². The first-order chi connectivity index (χ1) is 11.5. The van der Waals surface area contributed by atoms with E-state index in [9.17, 15) is 13.2 Å². The van der Waals surface area contributed by atoms with Gasteiger partial charge in [0.2, 0.25) is 0 Å². The molecule has 0 spiro atoms. The molecule has 0 saturated carbocycles. The maximum absolute atomic E-state index is 12.7. The molecule has 2 heterocycles. The van der Waals surface area contributed by atoms with E-state index < -0.39 is 30.1 Å². The Morgan fingerprint density at radius 2 is 1.48 bits per heavy atom. The number of benzene rings is 1. The lowest BCUT2D eigenvalue weighted by atomic mass is 9.89. The van der Waals surface area contributed by atoms with Crippen molar-refractivity contribution in [2.75, 3.05) is 0 Å². The van der Waals surface area contributed by atoms with Crippen LogP contribution in [0.3, 0.4) is 0 Å². The molecule has 0 amide bonds. The first-order valence-electron chi connectivity index (χ1n) is 7.86. The summed E-state index contributed by atoms with van der Waals surface area (Å²) >= 11 is 0. The minimum Gasteiger partial charge on any atom is -0.397 e. The Bertz CT molecular complexity index is 760. The van der Waals surface area contributed by atoms with Crippen molar-refractivity contribution in [2.24, 2.45) is 0 Å². The predicted molar refractivity (Wildman–Crippen MR) is 88.2 cm³/mol. The average Bonchev–Trinajstić information content (AvgIpc) is 2.75. The van der Waals surface area contributed by atoms with Gasteiger partial charge in [0.05, 0.1) is 22.5 Å². The second-order valence-electron chi connectivity index (χ2n) is 6.96. The van der Waals surface area contributed by atoms with Crippen molar-refractivity contribution in [2.45, 2.75) is 45.1 Å². The summed E-state index contributed by atoms with van der Waals surface area (Å²) in [7, 11) is -0.723. The van der Waals surface area contributed by atoms with Crippen LogP contribution in [-0.2, 0) is 15.5 Å². The minimum absolute atomic E-state index is 0.344. The third kappa shape index (κ3) is 3.41. The Hall–Kier alpha value is -1.93. The fourth-order valence-electron chi connectivity index (χ4n) is 2.43. The first kappa shape index (κ1) is 17.9. The largest absolute Gasteiger partial charge is 0.534 e. The van der Waals surface area contributed by atoms with E-state index in [0.717, 1.165) is 12.1 Å².